The summed E-state index contributed by atoms with van der Waals surface area (Å²) in [4.78, 5) is 12.4. The van der Waals surface area contributed by atoms with Crippen molar-refractivity contribution in [2.75, 3.05) is 0 Å². The molecule has 0 unspecified atom stereocenters. The Bertz CT molecular complexity index is 1340. The lowest BCUT2D eigenvalue weighted by atomic mass is 10.0. The average molecular weight is 542 g/mol. The first kappa shape index (κ1) is 23.3. The van der Waals surface area contributed by atoms with Gasteiger partial charge in [0.2, 0.25) is 5.91 Å². The molecule has 4 aromatic carbocycles. The number of halogens is 3. The fourth-order valence-corrected chi connectivity index (χ4v) is 4.32. The lowest BCUT2D eigenvalue weighted by molar-refractivity contribution is -0.120. The van der Waals surface area contributed by atoms with Crippen LogP contribution in [0.25, 0.3) is 10.8 Å². The molecule has 0 heterocycles. The molecule has 0 spiro atoms. The Kier molecular flexibility index (Phi) is 7.65. The molecule has 0 aliphatic rings. The summed E-state index contributed by atoms with van der Waals surface area (Å²) < 4.78 is 6.62. The highest BCUT2D eigenvalue weighted by Gasteiger charge is 2.07. The molecule has 0 aromatic heterocycles. The molecule has 166 valence electrons. The lowest BCUT2D eigenvalue weighted by Crippen LogP contribution is -2.19. The second-order valence-corrected chi connectivity index (χ2v) is 9.02. The Balaban J connectivity index is 1.34. The van der Waals surface area contributed by atoms with E-state index in [1.165, 1.54) is 0 Å². The van der Waals surface area contributed by atoms with Crippen LogP contribution >= 0.6 is 39.1 Å². The van der Waals surface area contributed by atoms with Crippen molar-refractivity contribution >= 4 is 62.0 Å². The Labute approximate surface area is 210 Å². The molecule has 33 heavy (non-hydrogen) atoms. The molecular formula is C26H19BrCl2N2O2. The summed E-state index contributed by atoms with van der Waals surface area (Å²) in [5, 5.41) is 7.40. The minimum atomic E-state index is -0.179. The van der Waals surface area contributed by atoms with E-state index in [1.807, 2.05) is 66.7 Å². The quantitative estimate of drug-likeness (QED) is 0.199. The topological polar surface area (TPSA) is 50.7 Å². The monoisotopic (exact) mass is 540 g/mol. The van der Waals surface area contributed by atoms with Gasteiger partial charge in [-0.1, -0.05) is 71.7 Å². The number of hydrogen-bond acceptors (Lipinski definition) is 3. The number of hydrogen-bond donors (Lipinski definition) is 1. The summed E-state index contributed by atoms with van der Waals surface area (Å²) in [6.45, 7) is 0.312. The van der Waals surface area contributed by atoms with Gasteiger partial charge in [-0.2, -0.15) is 5.10 Å². The number of nitrogens with zero attached hydrogens (tertiary/aromatic N) is 1. The summed E-state index contributed by atoms with van der Waals surface area (Å²) >= 11 is 15.6. The van der Waals surface area contributed by atoms with E-state index in [0.29, 0.717) is 22.4 Å². The van der Waals surface area contributed by atoms with Crippen LogP contribution in [0.5, 0.6) is 5.75 Å². The van der Waals surface area contributed by atoms with Crippen LogP contribution in [0.1, 0.15) is 16.7 Å². The van der Waals surface area contributed by atoms with Crippen molar-refractivity contribution in [3.63, 3.8) is 0 Å². The van der Waals surface area contributed by atoms with Crippen LogP contribution < -0.4 is 10.2 Å². The highest BCUT2D eigenvalue weighted by Crippen LogP contribution is 2.28. The van der Waals surface area contributed by atoms with E-state index in [1.54, 1.807) is 18.3 Å². The fraction of sp³-hybridized carbons (Fsp3) is 0.0769. The van der Waals surface area contributed by atoms with Gasteiger partial charge in [-0.25, -0.2) is 5.43 Å². The molecule has 1 N–H and O–H groups in total. The normalized spacial score (nSPS) is 11.1. The third-order valence-corrected chi connectivity index (χ3v) is 6.19. The van der Waals surface area contributed by atoms with Gasteiger partial charge < -0.3 is 4.74 Å². The number of carbonyl (C=O) groups excluding carboxylic acids is 1. The van der Waals surface area contributed by atoms with Crippen molar-refractivity contribution in [2.45, 2.75) is 13.0 Å². The number of nitrogens with one attached hydrogen (secondary N) is 1. The van der Waals surface area contributed by atoms with Crippen molar-refractivity contribution < 1.29 is 9.53 Å². The van der Waals surface area contributed by atoms with Crippen molar-refractivity contribution in [3.8, 4) is 5.75 Å². The Morgan fingerprint density at radius 3 is 2.61 bits per heavy atom. The molecule has 0 radical (unpaired) electrons. The van der Waals surface area contributed by atoms with Crippen LogP contribution in [0.15, 0.2) is 88.4 Å². The lowest BCUT2D eigenvalue weighted by Gasteiger charge is -2.10. The molecule has 0 aliphatic heterocycles. The molecule has 0 fully saturated rings. The summed E-state index contributed by atoms with van der Waals surface area (Å²) in [6, 6.07) is 24.8. The van der Waals surface area contributed by atoms with Gasteiger partial charge >= 0.3 is 0 Å². The van der Waals surface area contributed by atoms with Gasteiger partial charge in [0.15, 0.2) is 0 Å². The average Bonchev–Trinajstić information content (AvgIpc) is 2.80. The van der Waals surface area contributed by atoms with E-state index < -0.39 is 0 Å². The van der Waals surface area contributed by atoms with E-state index >= 15 is 0 Å². The molecule has 4 nitrogen and oxygen atoms in total. The first-order valence-electron chi connectivity index (χ1n) is 10.1. The van der Waals surface area contributed by atoms with Crippen LogP contribution in [-0.4, -0.2) is 12.1 Å². The molecule has 0 bridgehead atoms. The highest BCUT2D eigenvalue weighted by molar-refractivity contribution is 9.10. The fourth-order valence-electron chi connectivity index (χ4n) is 3.35. The highest BCUT2D eigenvalue weighted by atomic mass is 79.9. The van der Waals surface area contributed by atoms with E-state index in [2.05, 4.69) is 26.5 Å². The van der Waals surface area contributed by atoms with Crippen LogP contribution in [-0.2, 0) is 17.8 Å². The van der Waals surface area contributed by atoms with Crippen LogP contribution in [0.3, 0.4) is 0 Å². The molecule has 4 rings (SSSR count). The van der Waals surface area contributed by atoms with Gasteiger partial charge in [-0.3, -0.25) is 4.79 Å². The first-order chi connectivity index (χ1) is 16.0. The predicted molar refractivity (Wildman–Crippen MR) is 138 cm³/mol. The van der Waals surface area contributed by atoms with Gasteiger partial charge in [-0.15, -0.1) is 0 Å². The zero-order valence-corrected chi connectivity index (χ0v) is 20.5. The maximum absolute atomic E-state index is 12.4. The molecular weight excluding hydrogens is 523 g/mol. The zero-order chi connectivity index (χ0) is 23.2. The zero-order valence-electron chi connectivity index (χ0n) is 17.4. The van der Waals surface area contributed by atoms with Gasteiger partial charge in [-0.05, 0) is 68.2 Å². The number of benzene rings is 4. The molecule has 0 atom stereocenters. The number of ether oxygens (including phenoxy) is 1. The number of fused-ring (bicyclic) bond motifs is 1. The van der Waals surface area contributed by atoms with Crippen LogP contribution in [0.2, 0.25) is 10.0 Å². The van der Waals surface area contributed by atoms with Crippen molar-refractivity contribution in [1.29, 1.82) is 0 Å². The summed E-state index contributed by atoms with van der Waals surface area (Å²) in [5.41, 5.74) is 5.21. The second kappa shape index (κ2) is 10.8. The van der Waals surface area contributed by atoms with Crippen molar-refractivity contribution in [2.24, 2.45) is 5.10 Å². The summed E-state index contributed by atoms with van der Waals surface area (Å²) in [6.07, 6.45) is 1.84. The van der Waals surface area contributed by atoms with Crippen LogP contribution in [0, 0.1) is 0 Å². The van der Waals surface area contributed by atoms with E-state index in [-0.39, 0.29) is 12.3 Å². The number of amides is 1. The minimum Gasteiger partial charge on any atom is -0.488 e. The molecule has 4 aromatic rings. The first-order valence-corrected chi connectivity index (χ1v) is 11.7. The Hall–Kier alpha value is -2.86. The maximum atomic E-state index is 12.4. The van der Waals surface area contributed by atoms with Gasteiger partial charge in [0.1, 0.15) is 12.4 Å². The van der Waals surface area contributed by atoms with Gasteiger partial charge in [0.05, 0.1) is 17.1 Å². The molecule has 1 amide bonds. The van der Waals surface area contributed by atoms with Crippen molar-refractivity contribution in [1.82, 2.24) is 5.43 Å². The van der Waals surface area contributed by atoms with Gasteiger partial charge in [0.25, 0.3) is 0 Å². The Morgan fingerprint density at radius 2 is 1.79 bits per heavy atom. The summed E-state index contributed by atoms with van der Waals surface area (Å²) in [7, 11) is 0. The van der Waals surface area contributed by atoms with E-state index in [9.17, 15) is 4.79 Å². The molecule has 0 aliphatic carbocycles. The largest absolute Gasteiger partial charge is 0.488 e. The van der Waals surface area contributed by atoms with Crippen molar-refractivity contribution in [3.05, 3.63) is 110 Å². The predicted octanol–water partition coefficient (Wildman–Crippen LogP) is 7.18. The third kappa shape index (κ3) is 6.14. The van der Waals surface area contributed by atoms with Crippen LogP contribution in [0.4, 0.5) is 0 Å². The third-order valence-electron chi connectivity index (χ3n) is 4.99. The Morgan fingerprint density at radius 1 is 0.970 bits per heavy atom. The molecule has 7 heteroatoms. The summed E-state index contributed by atoms with van der Waals surface area (Å²) in [5.74, 6) is 0.486. The SMILES string of the molecule is O=C(Cc1cccc2ccccc12)N/N=C\c1ccc(OCc2ccc(Cl)cc2Cl)c(Br)c1. The number of carbonyl (C=O) groups is 1. The van der Waals surface area contributed by atoms with Gasteiger partial charge in [0, 0.05) is 15.6 Å². The van der Waals surface area contributed by atoms with E-state index in [0.717, 1.165) is 31.9 Å². The minimum absolute atomic E-state index is 0.179. The number of rotatable bonds is 7. The maximum Gasteiger partial charge on any atom is 0.244 e. The van der Waals surface area contributed by atoms with E-state index in [4.69, 9.17) is 27.9 Å². The smallest absolute Gasteiger partial charge is 0.244 e. The number of hydrazone groups is 1. The standard InChI is InChI=1S/C26H19BrCl2N2O2/c27-23-12-17(8-11-25(23)33-16-20-9-10-21(28)14-24(20)29)15-30-31-26(32)13-19-6-3-5-18-4-1-2-7-22(18)19/h1-12,14-15H,13,16H2,(H,31,32)/b30-15-. The second-order valence-electron chi connectivity index (χ2n) is 7.32. The molecule has 0 saturated heterocycles. The molecule has 0 saturated carbocycles.